The first kappa shape index (κ1) is 20.8. The predicted molar refractivity (Wildman–Crippen MR) is 117 cm³/mol. The molecule has 1 aliphatic heterocycles. The molecule has 4 N–H and O–H groups in total. The number of hydrogen-bond acceptors (Lipinski definition) is 6. The summed E-state index contributed by atoms with van der Waals surface area (Å²) in [6.45, 7) is 16.1. The number of aromatic nitrogens is 2. The number of pyridine rings is 2. The van der Waals surface area contributed by atoms with Gasteiger partial charge in [-0.15, -0.1) is 0 Å². The minimum absolute atomic E-state index is 0.00970. The van der Waals surface area contributed by atoms with E-state index in [1.165, 1.54) is 0 Å². The Balaban J connectivity index is 1.89. The van der Waals surface area contributed by atoms with Crippen LogP contribution in [0.15, 0.2) is 29.3 Å². The maximum atomic E-state index is 5.82. The molecule has 0 aliphatic carbocycles. The summed E-state index contributed by atoms with van der Waals surface area (Å²) in [5, 5.41) is 8.25. The Morgan fingerprint density at radius 2 is 1.75 bits per heavy atom. The summed E-state index contributed by atoms with van der Waals surface area (Å²) in [6, 6.07) is 8.24. The van der Waals surface area contributed by atoms with Crippen molar-refractivity contribution in [2.75, 3.05) is 26.2 Å². The average Bonchev–Trinajstić information content (AvgIpc) is 2.68. The fourth-order valence-corrected chi connectivity index (χ4v) is 3.10. The van der Waals surface area contributed by atoms with Crippen molar-refractivity contribution >= 4 is 16.7 Å². The van der Waals surface area contributed by atoms with Crippen molar-refractivity contribution in [3.8, 4) is 0 Å². The highest BCUT2D eigenvalue weighted by Gasteiger charge is 2.36. The molecule has 1 saturated heterocycles. The number of nitrogens with one attached hydrogen (secondary N) is 2. The van der Waals surface area contributed by atoms with Crippen molar-refractivity contribution in [1.82, 2.24) is 20.6 Å². The lowest BCUT2D eigenvalue weighted by Gasteiger charge is -2.43. The molecule has 1 aliphatic rings. The largest absolute Gasteiger partial charge is 0.330 e. The third kappa shape index (κ3) is 4.57. The fraction of sp³-hybridized carbons (Fsp3) is 0.591. The van der Waals surface area contributed by atoms with E-state index in [1.54, 1.807) is 0 Å². The van der Waals surface area contributed by atoms with Gasteiger partial charge in [-0.05, 0) is 55.5 Å². The van der Waals surface area contributed by atoms with Crippen LogP contribution in [0, 0.1) is 10.8 Å². The molecule has 0 atom stereocenters. The first-order chi connectivity index (χ1) is 13.0. The second-order valence-corrected chi connectivity index (χ2v) is 9.71. The number of fused-ring (bicyclic) bond motifs is 1. The lowest BCUT2D eigenvalue weighted by atomic mass is 9.88. The van der Waals surface area contributed by atoms with Gasteiger partial charge in [0.25, 0.3) is 0 Å². The molecule has 152 valence electrons. The van der Waals surface area contributed by atoms with Gasteiger partial charge in [0.05, 0.1) is 17.1 Å². The van der Waals surface area contributed by atoms with Crippen molar-refractivity contribution in [3.05, 3.63) is 35.7 Å². The van der Waals surface area contributed by atoms with Gasteiger partial charge in [-0.2, -0.15) is 0 Å². The monoisotopic (exact) mass is 382 g/mol. The van der Waals surface area contributed by atoms with Crippen LogP contribution in [0.4, 0.5) is 0 Å². The lowest BCUT2D eigenvalue weighted by Crippen LogP contribution is -2.62. The maximum absolute atomic E-state index is 5.82. The van der Waals surface area contributed by atoms with Crippen molar-refractivity contribution in [3.63, 3.8) is 0 Å². The molecule has 3 heterocycles. The zero-order valence-electron chi connectivity index (χ0n) is 18.1. The number of nitrogens with two attached hydrogens (primary N) is 1. The Bertz CT molecular complexity index is 874. The average molecular weight is 383 g/mol. The molecule has 0 aromatic carbocycles. The number of hydrogen-bond donors (Lipinski definition) is 3. The predicted octanol–water partition coefficient (Wildman–Crippen LogP) is 2.82. The highest BCUT2D eigenvalue weighted by molar-refractivity contribution is 5.98. The van der Waals surface area contributed by atoms with Gasteiger partial charge in [-0.25, -0.2) is 9.97 Å². The van der Waals surface area contributed by atoms with Crippen LogP contribution in [0.3, 0.4) is 0 Å². The van der Waals surface area contributed by atoms with Gasteiger partial charge in [-0.1, -0.05) is 27.7 Å². The van der Waals surface area contributed by atoms with E-state index >= 15 is 0 Å². The van der Waals surface area contributed by atoms with Crippen molar-refractivity contribution < 1.29 is 0 Å². The van der Waals surface area contributed by atoms with E-state index < -0.39 is 0 Å². The van der Waals surface area contributed by atoms with Crippen LogP contribution in [0.5, 0.6) is 0 Å². The quantitative estimate of drug-likeness (QED) is 0.692. The highest BCUT2D eigenvalue weighted by atomic mass is 15.2. The van der Waals surface area contributed by atoms with E-state index in [2.05, 4.69) is 63.5 Å². The third-order valence-electron chi connectivity index (χ3n) is 5.57. The summed E-state index contributed by atoms with van der Waals surface area (Å²) in [6.07, 6.45) is 0. The molecule has 0 bridgehead atoms. The number of aliphatic imine (C=N–C) groups is 1. The van der Waals surface area contributed by atoms with Crippen LogP contribution in [-0.4, -0.2) is 41.9 Å². The standard InChI is InChI=1S/C22H34N6/c1-15(24-12-20(2,3)11-23)17-9-7-16-8-10-18(28-19(16)27-17)22(6)25-13-21(4,5)14-26-22/h7-10,25-26H,11-14,23H2,1-6H3. The molecule has 1 fully saturated rings. The van der Waals surface area contributed by atoms with Crippen molar-refractivity contribution in [2.24, 2.45) is 21.6 Å². The van der Waals surface area contributed by atoms with Crippen LogP contribution in [-0.2, 0) is 5.66 Å². The first-order valence-electron chi connectivity index (χ1n) is 10.0. The smallest absolute Gasteiger partial charge is 0.160 e. The summed E-state index contributed by atoms with van der Waals surface area (Å²) in [7, 11) is 0. The SMILES string of the molecule is CC(=NCC(C)(C)CN)c1ccc2ccc(C3(C)NCC(C)(C)CN3)nc2n1. The Morgan fingerprint density at radius 1 is 1.11 bits per heavy atom. The molecule has 6 nitrogen and oxygen atoms in total. The van der Waals surface area contributed by atoms with Crippen LogP contribution >= 0.6 is 0 Å². The van der Waals surface area contributed by atoms with E-state index in [4.69, 9.17) is 20.7 Å². The molecule has 0 saturated carbocycles. The lowest BCUT2D eigenvalue weighted by molar-refractivity contribution is 0.145. The van der Waals surface area contributed by atoms with E-state index in [0.717, 1.165) is 41.2 Å². The second kappa shape index (κ2) is 7.50. The molecule has 0 amide bonds. The first-order valence-corrected chi connectivity index (χ1v) is 10.0. The van der Waals surface area contributed by atoms with Crippen molar-refractivity contribution in [2.45, 2.75) is 47.2 Å². The van der Waals surface area contributed by atoms with Gasteiger partial charge in [0.1, 0.15) is 5.66 Å². The van der Waals surface area contributed by atoms with Gasteiger partial charge in [0, 0.05) is 25.0 Å². The van der Waals surface area contributed by atoms with Gasteiger partial charge >= 0.3 is 0 Å². The van der Waals surface area contributed by atoms with Crippen molar-refractivity contribution in [1.29, 1.82) is 0 Å². The Morgan fingerprint density at radius 3 is 2.39 bits per heavy atom. The summed E-state index contributed by atoms with van der Waals surface area (Å²) in [5.74, 6) is 0. The van der Waals surface area contributed by atoms with Gasteiger partial charge in [0.15, 0.2) is 5.65 Å². The zero-order chi connectivity index (χ0) is 20.6. The molecule has 6 heteroatoms. The van der Waals surface area contributed by atoms with E-state index in [1.807, 2.05) is 13.0 Å². The van der Waals surface area contributed by atoms with Gasteiger partial charge in [-0.3, -0.25) is 15.6 Å². The Labute approximate surface area is 168 Å². The van der Waals surface area contributed by atoms with Crippen LogP contribution in [0.25, 0.3) is 11.0 Å². The third-order valence-corrected chi connectivity index (χ3v) is 5.57. The Hall–Kier alpha value is -1.89. The highest BCUT2D eigenvalue weighted by Crippen LogP contribution is 2.26. The zero-order valence-corrected chi connectivity index (χ0v) is 18.1. The summed E-state index contributed by atoms with van der Waals surface area (Å²) in [5.41, 5.74) is 9.16. The topological polar surface area (TPSA) is 88.2 Å². The molecule has 0 spiro atoms. The minimum Gasteiger partial charge on any atom is -0.330 e. The van der Waals surface area contributed by atoms with Crippen LogP contribution in [0.2, 0.25) is 0 Å². The van der Waals surface area contributed by atoms with Gasteiger partial charge in [0.2, 0.25) is 0 Å². The number of nitrogens with zero attached hydrogens (tertiary/aromatic N) is 3. The summed E-state index contributed by atoms with van der Waals surface area (Å²) < 4.78 is 0. The summed E-state index contributed by atoms with van der Waals surface area (Å²) >= 11 is 0. The maximum Gasteiger partial charge on any atom is 0.160 e. The molecule has 0 unspecified atom stereocenters. The van der Waals surface area contributed by atoms with E-state index in [-0.39, 0.29) is 16.5 Å². The molecule has 3 rings (SSSR count). The Kier molecular flexibility index (Phi) is 5.58. The van der Waals surface area contributed by atoms with E-state index in [9.17, 15) is 0 Å². The molecule has 2 aromatic rings. The second-order valence-electron chi connectivity index (χ2n) is 9.71. The fourth-order valence-electron chi connectivity index (χ4n) is 3.10. The normalized spacial score (nSPS) is 19.8. The molecule has 2 aromatic heterocycles. The summed E-state index contributed by atoms with van der Waals surface area (Å²) in [4.78, 5) is 14.4. The molecule has 0 radical (unpaired) electrons. The van der Waals surface area contributed by atoms with Gasteiger partial charge < -0.3 is 5.73 Å². The molecular formula is C22H34N6. The molecular weight excluding hydrogens is 348 g/mol. The minimum atomic E-state index is -0.352. The van der Waals surface area contributed by atoms with E-state index in [0.29, 0.717) is 13.1 Å². The number of rotatable bonds is 5. The van der Waals surface area contributed by atoms with Crippen LogP contribution < -0.4 is 16.4 Å². The van der Waals surface area contributed by atoms with Crippen LogP contribution in [0.1, 0.15) is 52.9 Å². The molecule has 28 heavy (non-hydrogen) atoms.